The highest BCUT2D eigenvalue weighted by Gasteiger charge is 2.45. The summed E-state index contributed by atoms with van der Waals surface area (Å²) in [7, 11) is -4.13. The van der Waals surface area contributed by atoms with Crippen LogP contribution >= 0.6 is 23.2 Å². The number of benzene rings is 1. The van der Waals surface area contributed by atoms with Gasteiger partial charge in [-0.2, -0.15) is 4.31 Å². The molecule has 1 heterocycles. The van der Waals surface area contributed by atoms with Crippen molar-refractivity contribution in [2.45, 2.75) is 24.3 Å². The van der Waals surface area contributed by atoms with Crippen molar-refractivity contribution in [1.29, 1.82) is 0 Å². The van der Waals surface area contributed by atoms with Gasteiger partial charge in [-0.25, -0.2) is 12.8 Å². The van der Waals surface area contributed by atoms with Crippen LogP contribution in [0.2, 0.25) is 10.0 Å². The molecule has 1 amide bonds. The molecular weight excluding hydrogens is 342 g/mol. The Morgan fingerprint density at radius 3 is 2.57 bits per heavy atom. The zero-order valence-corrected chi connectivity index (χ0v) is 13.6. The lowest BCUT2D eigenvalue weighted by atomic mass is 10.0. The molecule has 5 nitrogen and oxygen atoms in total. The van der Waals surface area contributed by atoms with E-state index in [0.717, 1.165) is 16.4 Å². The summed E-state index contributed by atoms with van der Waals surface area (Å²) >= 11 is 11.3. The van der Waals surface area contributed by atoms with Crippen molar-refractivity contribution in [2.24, 2.45) is 0 Å². The van der Waals surface area contributed by atoms with Crippen LogP contribution in [0.1, 0.15) is 13.8 Å². The van der Waals surface area contributed by atoms with E-state index in [1.54, 1.807) is 0 Å². The van der Waals surface area contributed by atoms with Crippen LogP contribution in [-0.4, -0.2) is 37.3 Å². The van der Waals surface area contributed by atoms with Crippen LogP contribution in [0.3, 0.4) is 0 Å². The van der Waals surface area contributed by atoms with Gasteiger partial charge in [0.25, 0.3) is 0 Å². The molecule has 1 N–H and O–H groups in total. The third-order valence-electron chi connectivity index (χ3n) is 3.35. The molecule has 0 spiro atoms. The SMILES string of the molecule is CC1(C)C(=O)NCCN1S(=O)(=O)c1ccc(Cl)c(F)c1Cl. The second-order valence-corrected chi connectivity index (χ2v) is 7.68. The summed E-state index contributed by atoms with van der Waals surface area (Å²) in [6.07, 6.45) is 0. The van der Waals surface area contributed by atoms with Crippen LogP contribution in [0.5, 0.6) is 0 Å². The Morgan fingerprint density at radius 1 is 1.33 bits per heavy atom. The molecule has 1 aliphatic heterocycles. The molecule has 0 bridgehead atoms. The van der Waals surface area contributed by atoms with Gasteiger partial charge in [-0.15, -0.1) is 0 Å². The Labute approximate surface area is 132 Å². The van der Waals surface area contributed by atoms with Crippen LogP contribution in [0.15, 0.2) is 17.0 Å². The normalized spacial score (nSPS) is 19.4. The molecule has 1 aromatic rings. The van der Waals surface area contributed by atoms with E-state index in [1.165, 1.54) is 13.8 Å². The zero-order chi connectivity index (χ0) is 16.0. The van der Waals surface area contributed by atoms with Crippen molar-refractivity contribution in [2.75, 3.05) is 13.1 Å². The molecule has 1 aliphatic rings. The molecule has 1 saturated heterocycles. The van der Waals surface area contributed by atoms with Crippen LogP contribution in [-0.2, 0) is 14.8 Å². The summed E-state index contributed by atoms with van der Waals surface area (Å²) in [5.41, 5.74) is -1.30. The van der Waals surface area contributed by atoms with Gasteiger partial charge in [0.1, 0.15) is 10.4 Å². The minimum absolute atomic E-state index is 0.0711. The van der Waals surface area contributed by atoms with Crippen molar-refractivity contribution < 1.29 is 17.6 Å². The first-order valence-corrected chi connectivity index (χ1v) is 8.24. The molecule has 0 atom stereocenters. The number of carbonyl (C=O) groups excluding carboxylic acids is 1. The molecule has 116 valence electrons. The number of halogens is 3. The monoisotopic (exact) mass is 354 g/mol. The maximum Gasteiger partial charge on any atom is 0.245 e. The van der Waals surface area contributed by atoms with Crippen molar-refractivity contribution in [1.82, 2.24) is 9.62 Å². The van der Waals surface area contributed by atoms with E-state index >= 15 is 0 Å². The van der Waals surface area contributed by atoms with Crippen LogP contribution in [0.4, 0.5) is 4.39 Å². The van der Waals surface area contributed by atoms with E-state index in [2.05, 4.69) is 5.32 Å². The molecule has 1 fully saturated rings. The maximum atomic E-state index is 13.7. The van der Waals surface area contributed by atoms with Gasteiger partial charge < -0.3 is 5.32 Å². The van der Waals surface area contributed by atoms with Gasteiger partial charge in [0, 0.05) is 13.1 Å². The number of nitrogens with one attached hydrogen (secondary N) is 1. The van der Waals surface area contributed by atoms with Gasteiger partial charge in [0.2, 0.25) is 15.9 Å². The largest absolute Gasteiger partial charge is 0.353 e. The van der Waals surface area contributed by atoms with E-state index in [0.29, 0.717) is 0 Å². The molecular formula is C12H13Cl2FN2O3S. The summed E-state index contributed by atoms with van der Waals surface area (Å²) in [6.45, 7) is 3.19. The Kier molecular flexibility index (Phi) is 4.23. The average Bonchev–Trinajstić information content (AvgIpc) is 2.38. The zero-order valence-electron chi connectivity index (χ0n) is 11.3. The Hall–Kier alpha value is -0.890. The predicted molar refractivity (Wildman–Crippen MR) is 77.4 cm³/mol. The fourth-order valence-electron chi connectivity index (χ4n) is 2.13. The summed E-state index contributed by atoms with van der Waals surface area (Å²) in [5.74, 6) is -1.43. The summed E-state index contributed by atoms with van der Waals surface area (Å²) < 4.78 is 40.1. The minimum atomic E-state index is -4.13. The molecule has 21 heavy (non-hydrogen) atoms. The van der Waals surface area contributed by atoms with E-state index in [4.69, 9.17) is 23.2 Å². The number of piperazine rings is 1. The first-order chi connectivity index (χ1) is 9.60. The highest BCUT2D eigenvalue weighted by molar-refractivity contribution is 7.89. The first kappa shape index (κ1) is 16.5. The van der Waals surface area contributed by atoms with E-state index in [1.807, 2.05) is 0 Å². The third-order valence-corrected chi connectivity index (χ3v) is 6.24. The van der Waals surface area contributed by atoms with Crippen molar-refractivity contribution in [3.63, 3.8) is 0 Å². The summed E-state index contributed by atoms with van der Waals surface area (Å²) in [5, 5.41) is 1.74. The quantitative estimate of drug-likeness (QED) is 0.826. The smallest absolute Gasteiger partial charge is 0.245 e. The molecule has 0 unspecified atom stereocenters. The number of sulfonamides is 1. The van der Waals surface area contributed by atoms with E-state index in [9.17, 15) is 17.6 Å². The average molecular weight is 355 g/mol. The number of rotatable bonds is 2. The Bertz CT molecular complexity index is 707. The number of hydrogen-bond donors (Lipinski definition) is 1. The fourth-order valence-corrected chi connectivity index (χ4v) is 4.60. The molecule has 9 heteroatoms. The topological polar surface area (TPSA) is 66.5 Å². The second-order valence-electron chi connectivity index (χ2n) is 5.07. The molecule has 0 aliphatic carbocycles. The summed E-state index contributed by atoms with van der Waals surface area (Å²) in [4.78, 5) is 11.5. The number of nitrogens with zero attached hydrogens (tertiary/aromatic N) is 1. The van der Waals surface area contributed by atoms with Gasteiger partial charge in [0.05, 0.1) is 10.0 Å². The predicted octanol–water partition coefficient (Wildman–Crippen LogP) is 2.03. The highest BCUT2D eigenvalue weighted by atomic mass is 35.5. The summed E-state index contributed by atoms with van der Waals surface area (Å²) in [6, 6.07) is 2.25. The van der Waals surface area contributed by atoms with Crippen molar-refractivity contribution in [3.05, 3.63) is 28.0 Å². The minimum Gasteiger partial charge on any atom is -0.353 e. The van der Waals surface area contributed by atoms with Crippen molar-refractivity contribution in [3.8, 4) is 0 Å². The molecule has 0 radical (unpaired) electrons. The Morgan fingerprint density at radius 2 is 1.95 bits per heavy atom. The molecule has 0 saturated carbocycles. The molecule has 0 aromatic heterocycles. The van der Waals surface area contributed by atoms with Gasteiger partial charge in [0.15, 0.2) is 5.82 Å². The fraction of sp³-hybridized carbons (Fsp3) is 0.417. The van der Waals surface area contributed by atoms with Crippen LogP contribution in [0.25, 0.3) is 0 Å². The number of carbonyl (C=O) groups is 1. The van der Waals surface area contributed by atoms with Gasteiger partial charge >= 0.3 is 0 Å². The number of hydrogen-bond acceptors (Lipinski definition) is 3. The second kappa shape index (κ2) is 5.39. The van der Waals surface area contributed by atoms with Crippen LogP contribution in [0, 0.1) is 5.82 Å². The first-order valence-electron chi connectivity index (χ1n) is 6.05. The highest BCUT2D eigenvalue weighted by Crippen LogP contribution is 2.34. The lowest BCUT2D eigenvalue weighted by Gasteiger charge is -2.39. The Balaban J connectivity index is 2.57. The lowest BCUT2D eigenvalue weighted by Crippen LogP contribution is -2.63. The van der Waals surface area contributed by atoms with Gasteiger partial charge in [-0.05, 0) is 26.0 Å². The van der Waals surface area contributed by atoms with Crippen molar-refractivity contribution >= 4 is 39.1 Å². The maximum absolute atomic E-state index is 13.7. The van der Waals surface area contributed by atoms with Gasteiger partial charge in [-0.1, -0.05) is 23.2 Å². The molecule has 2 rings (SSSR count). The van der Waals surface area contributed by atoms with Gasteiger partial charge in [-0.3, -0.25) is 4.79 Å². The molecule has 1 aromatic carbocycles. The number of amides is 1. The van der Waals surface area contributed by atoms with Crippen LogP contribution < -0.4 is 5.32 Å². The van der Waals surface area contributed by atoms with E-state index < -0.39 is 37.2 Å². The van der Waals surface area contributed by atoms with E-state index in [-0.39, 0.29) is 18.1 Å². The lowest BCUT2D eigenvalue weighted by molar-refractivity contribution is -0.131. The third kappa shape index (κ3) is 2.63. The standard InChI is InChI=1S/C12H13Cl2FN2O3S/c1-12(2)11(18)16-5-6-17(12)21(19,20)8-4-3-7(13)10(15)9(8)14/h3-4H,5-6H2,1-2H3,(H,16,18).